The third-order valence-electron chi connectivity index (χ3n) is 3.54. The van der Waals surface area contributed by atoms with Gasteiger partial charge in [-0.3, -0.25) is 4.90 Å². The van der Waals surface area contributed by atoms with Gasteiger partial charge in [0.15, 0.2) is 0 Å². The van der Waals surface area contributed by atoms with Gasteiger partial charge in [0.25, 0.3) is 0 Å². The fraction of sp³-hybridized carbons (Fsp3) is 0.625. The maximum Gasteiger partial charge on any atom is 0.0484 e. The van der Waals surface area contributed by atoms with Gasteiger partial charge in [0.1, 0.15) is 0 Å². The van der Waals surface area contributed by atoms with Crippen LogP contribution in [0.2, 0.25) is 0 Å². The molecule has 2 N–H and O–H groups in total. The Kier molecular flexibility index (Phi) is 5.83. The summed E-state index contributed by atoms with van der Waals surface area (Å²) >= 11 is 0. The van der Waals surface area contributed by atoms with Gasteiger partial charge in [-0.15, -0.1) is 0 Å². The van der Waals surface area contributed by atoms with Crippen LogP contribution in [0.15, 0.2) is 24.3 Å². The van der Waals surface area contributed by atoms with Gasteiger partial charge in [-0.1, -0.05) is 38.1 Å². The Morgan fingerprint density at radius 1 is 1.11 bits per heavy atom. The average molecular weight is 261 g/mol. The zero-order chi connectivity index (χ0) is 13.5. The van der Waals surface area contributed by atoms with E-state index in [0.29, 0.717) is 0 Å². The molecule has 0 spiro atoms. The molecule has 106 valence electrons. The Balaban J connectivity index is 1.70. The second-order valence-corrected chi connectivity index (χ2v) is 5.87. The smallest absolute Gasteiger partial charge is 0.0484 e. The molecule has 0 aromatic heterocycles. The van der Waals surface area contributed by atoms with E-state index in [1.807, 2.05) is 0 Å². The van der Waals surface area contributed by atoms with E-state index >= 15 is 0 Å². The van der Waals surface area contributed by atoms with Crippen molar-refractivity contribution in [2.75, 3.05) is 32.8 Å². The summed E-state index contributed by atoms with van der Waals surface area (Å²) in [6.07, 6.45) is 1.18. The summed E-state index contributed by atoms with van der Waals surface area (Å²) in [6, 6.07) is 9.04. The Labute approximate surface area is 117 Å². The van der Waals surface area contributed by atoms with Crippen LogP contribution < -0.4 is 10.6 Å². The molecule has 19 heavy (non-hydrogen) atoms. The highest BCUT2D eigenvalue weighted by Crippen LogP contribution is 2.09. The van der Waals surface area contributed by atoms with E-state index in [0.717, 1.165) is 45.3 Å². The summed E-state index contributed by atoms with van der Waals surface area (Å²) in [4.78, 5) is 2.46. The first kappa shape index (κ1) is 14.5. The van der Waals surface area contributed by atoms with E-state index in [1.165, 1.54) is 17.5 Å². The molecule has 0 unspecified atom stereocenters. The lowest BCUT2D eigenvalue weighted by Crippen LogP contribution is -2.46. The zero-order valence-corrected chi connectivity index (χ0v) is 12.3. The first-order chi connectivity index (χ1) is 9.24. The van der Waals surface area contributed by atoms with E-state index in [4.69, 9.17) is 0 Å². The predicted octanol–water partition coefficient (Wildman–Crippen LogP) is 1.84. The summed E-state index contributed by atoms with van der Waals surface area (Å²) < 4.78 is 0. The van der Waals surface area contributed by atoms with Crippen LogP contribution >= 0.6 is 0 Å². The van der Waals surface area contributed by atoms with E-state index < -0.39 is 0 Å². The quantitative estimate of drug-likeness (QED) is 0.818. The van der Waals surface area contributed by atoms with Gasteiger partial charge in [0.05, 0.1) is 0 Å². The van der Waals surface area contributed by atoms with Crippen LogP contribution in [0, 0.1) is 5.92 Å². The molecule has 1 aliphatic rings. The van der Waals surface area contributed by atoms with Crippen LogP contribution in [0.25, 0.3) is 0 Å². The first-order valence-electron chi connectivity index (χ1n) is 7.45. The zero-order valence-electron chi connectivity index (χ0n) is 12.3. The third kappa shape index (κ3) is 5.31. The van der Waals surface area contributed by atoms with Crippen LogP contribution in [0.3, 0.4) is 0 Å². The van der Waals surface area contributed by atoms with E-state index in [1.54, 1.807) is 0 Å². The molecule has 0 amide bonds. The predicted molar refractivity (Wildman–Crippen MR) is 81.1 cm³/mol. The summed E-state index contributed by atoms with van der Waals surface area (Å²) in [5.74, 6) is 0.733. The van der Waals surface area contributed by atoms with Crippen LogP contribution in [0.5, 0.6) is 0 Å². The number of nitrogens with one attached hydrogen (secondary N) is 2. The number of piperazine rings is 1. The minimum Gasteiger partial charge on any atom is -0.314 e. The van der Waals surface area contributed by atoms with Crippen molar-refractivity contribution in [3.05, 3.63) is 35.4 Å². The van der Waals surface area contributed by atoms with Crippen molar-refractivity contribution in [3.8, 4) is 0 Å². The lowest BCUT2D eigenvalue weighted by atomic mass is 10.0. The van der Waals surface area contributed by atoms with Gasteiger partial charge in [-0.2, -0.15) is 0 Å². The van der Waals surface area contributed by atoms with Crippen molar-refractivity contribution in [2.24, 2.45) is 5.92 Å². The maximum absolute atomic E-state index is 3.53. The van der Waals surface area contributed by atoms with Gasteiger partial charge in [0.2, 0.25) is 0 Å². The lowest BCUT2D eigenvalue weighted by molar-refractivity contribution is 0.223. The van der Waals surface area contributed by atoms with Gasteiger partial charge in [-0.05, 0) is 23.5 Å². The third-order valence-corrected chi connectivity index (χ3v) is 3.54. The lowest BCUT2D eigenvalue weighted by Gasteiger charge is -2.27. The highest BCUT2D eigenvalue weighted by Gasteiger charge is 2.07. The monoisotopic (exact) mass is 261 g/mol. The molecule has 0 aliphatic carbocycles. The van der Waals surface area contributed by atoms with Gasteiger partial charge >= 0.3 is 0 Å². The van der Waals surface area contributed by atoms with Gasteiger partial charge in [0, 0.05) is 39.4 Å². The largest absolute Gasteiger partial charge is 0.314 e. The first-order valence-corrected chi connectivity index (χ1v) is 7.45. The van der Waals surface area contributed by atoms with Crippen molar-refractivity contribution >= 4 is 0 Å². The molecule has 0 atom stereocenters. The number of hydrogen-bond acceptors (Lipinski definition) is 3. The Hall–Kier alpha value is -0.900. The highest BCUT2D eigenvalue weighted by atomic mass is 15.2. The molecule has 1 aliphatic heterocycles. The van der Waals surface area contributed by atoms with Crippen molar-refractivity contribution in [1.29, 1.82) is 0 Å². The van der Waals surface area contributed by atoms with Crippen LogP contribution in [0.4, 0.5) is 0 Å². The molecule has 1 aromatic rings. The molecule has 0 radical (unpaired) electrons. The van der Waals surface area contributed by atoms with E-state index in [9.17, 15) is 0 Å². The molecule has 1 saturated heterocycles. The minimum absolute atomic E-state index is 0.733. The SMILES string of the molecule is CC(C)Cc1ccc(CNCN2CCNCC2)cc1. The topological polar surface area (TPSA) is 27.3 Å². The average Bonchev–Trinajstić information content (AvgIpc) is 2.41. The van der Waals surface area contributed by atoms with Crippen LogP contribution in [0.1, 0.15) is 25.0 Å². The van der Waals surface area contributed by atoms with E-state index in [2.05, 4.69) is 53.6 Å². The van der Waals surface area contributed by atoms with Crippen molar-refractivity contribution in [3.63, 3.8) is 0 Å². The fourth-order valence-electron chi connectivity index (χ4n) is 2.49. The van der Waals surface area contributed by atoms with Crippen molar-refractivity contribution < 1.29 is 0 Å². The number of benzene rings is 1. The van der Waals surface area contributed by atoms with Crippen LogP contribution in [-0.4, -0.2) is 37.7 Å². The second kappa shape index (κ2) is 7.63. The second-order valence-electron chi connectivity index (χ2n) is 5.87. The van der Waals surface area contributed by atoms with Crippen molar-refractivity contribution in [2.45, 2.75) is 26.8 Å². The standard InChI is InChI=1S/C16H27N3/c1-14(2)11-15-3-5-16(6-4-15)12-18-13-19-9-7-17-8-10-19/h3-6,14,17-18H,7-13H2,1-2H3. The van der Waals surface area contributed by atoms with Gasteiger partial charge in [-0.25, -0.2) is 0 Å². The normalized spacial score (nSPS) is 17.0. The molecule has 0 saturated carbocycles. The molecular formula is C16H27N3. The molecule has 3 nitrogen and oxygen atoms in total. The Morgan fingerprint density at radius 2 is 1.74 bits per heavy atom. The molecule has 2 rings (SSSR count). The Bertz CT molecular complexity index is 353. The van der Waals surface area contributed by atoms with Gasteiger partial charge < -0.3 is 10.6 Å². The van der Waals surface area contributed by atoms with Crippen molar-refractivity contribution in [1.82, 2.24) is 15.5 Å². The number of rotatable bonds is 6. The maximum atomic E-state index is 3.53. The molecule has 1 fully saturated rings. The van der Waals surface area contributed by atoms with Crippen LogP contribution in [-0.2, 0) is 13.0 Å². The fourth-order valence-corrected chi connectivity index (χ4v) is 2.49. The molecule has 0 bridgehead atoms. The number of hydrogen-bond donors (Lipinski definition) is 2. The molecule has 1 aromatic carbocycles. The molecule has 1 heterocycles. The highest BCUT2D eigenvalue weighted by molar-refractivity contribution is 5.22. The minimum atomic E-state index is 0.733. The molecule has 3 heteroatoms. The number of nitrogens with zero attached hydrogens (tertiary/aromatic N) is 1. The summed E-state index contributed by atoms with van der Waals surface area (Å²) in [5.41, 5.74) is 2.82. The summed E-state index contributed by atoms with van der Waals surface area (Å²) in [5, 5.41) is 6.90. The molecular weight excluding hydrogens is 234 g/mol. The van der Waals surface area contributed by atoms with E-state index in [-0.39, 0.29) is 0 Å². The summed E-state index contributed by atoms with van der Waals surface area (Å²) in [7, 11) is 0. The Morgan fingerprint density at radius 3 is 2.37 bits per heavy atom. The summed E-state index contributed by atoms with van der Waals surface area (Å²) in [6.45, 7) is 11.0.